The number of allylic oxidation sites excluding steroid dienone is 3. The summed E-state index contributed by atoms with van der Waals surface area (Å²) in [6.07, 6.45) is 3.75. The van der Waals surface area contributed by atoms with Crippen molar-refractivity contribution in [3.05, 3.63) is 40.6 Å². The molecule has 0 unspecified atom stereocenters. The van der Waals surface area contributed by atoms with Gasteiger partial charge in [0, 0.05) is 6.08 Å². The van der Waals surface area contributed by atoms with Crippen LogP contribution in [0.4, 0.5) is 0 Å². The topological polar surface area (TPSA) is 78.9 Å². The van der Waals surface area contributed by atoms with Gasteiger partial charge >= 0.3 is 5.97 Å². The van der Waals surface area contributed by atoms with Crippen LogP contribution in [0, 0.1) is 5.92 Å². The maximum atomic E-state index is 12.1. The lowest BCUT2D eigenvalue weighted by Gasteiger charge is -2.19. The normalized spacial score (nSPS) is 19.9. The number of ether oxygens (including phenoxy) is 3. The highest BCUT2D eigenvalue weighted by atomic mass is 35.5. The zero-order valence-corrected chi connectivity index (χ0v) is 13.5. The van der Waals surface area contributed by atoms with E-state index in [-0.39, 0.29) is 5.76 Å². The second-order valence-electron chi connectivity index (χ2n) is 5.27. The molecule has 0 spiro atoms. The third-order valence-corrected chi connectivity index (χ3v) is 3.75. The highest BCUT2D eigenvalue weighted by Crippen LogP contribution is 2.38. The van der Waals surface area contributed by atoms with E-state index in [0.717, 1.165) is 12.2 Å². The predicted octanol–water partition coefficient (Wildman–Crippen LogP) is 2.34. The molecule has 1 aromatic carbocycles. The zero-order valence-electron chi connectivity index (χ0n) is 12.7. The molecular weight excluding hydrogens is 336 g/mol. The van der Waals surface area contributed by atoms with Gasteiger partial charge in [-0.05, 0) is 30.7 Å². The molecule has 3 rings (SSSR count). The van der Waals surface area contributed by atoms with Crippen molar-refractivity contribution in [2.24, 2.45) is 5.92 Å². The van der Waals surface area contributed by atoms with Crippen molar-refractivity contribution in [2.75, 3.05) is 13.2 Å². The fourth-order valence-electron chi connectivity index (χ4n) is 2.40. The number of esters is 1. The SMILES string of the molecule is CC1=CC(=O)[C@@H](C(=O)/C=C/c2cc(Cl)c3c(c2)OCCO3)C(=O)O1. The molecule has 0 saturated carbocycles. The van der Waals surface area contributed by atoms with Gasteiger partial charge in [0.1, 0.15) is 19.0 Å². The maximum Gasteiger partial charge on any atom is 0.329 e. The third kappa shape index (κ3) is 3.19. The summed E-state index contributed by atoms with van der Waals surface area (Å²) in [5.74, 6) is -2.45. The van der Waals surface area contributed by atoms with Crippen molar-refractivity contribution in [2.45, 2.75) is 6.92 Å². The third-order valence-electron chi connectivity index (χ3n) is 3.47. The molecule has 0 saturated heterocycles. The Labute approximate surface area is 142 Å². The minimum atomic E-state index is -1.46. The maximum absolute atomic E-state index is 12.1. The molecule has 1 aromatic rings. The molecule has 24 heavy (non-hydrogen) atoms. The Bertz CT molecular complexity index is 793. The molecule has 2 heterocycles. The first-order chi connectivity index (χ1) is 11.5. The second kappa shape index (κ2) is 6.49. The first-order valence-corrected chi connectivity index (χ1v) is 7.58. The van der Waals surface area contributed by atoms with Crippen LogP contribution in [0.1, 0.15) is 12.5 Å². The fourth-order valence-corrected chi connectivity index (χ4v) is 2.68. The van der Waals surface area contributed by atoms with Gasteiger partial charge in [-0.15, -0.1) is 0 Å². The Morgan fingerprint density at radius 2 is 2.00 bits per heavy atom. The molecule has 2 aliphatic rings. The minimum Gasteiger partial charge on any atom is -0.486 e. The van der Waals surface area contributed by atoms with Crippen LogP contribution in [0.2, 0.25) is 5.02 Å². The Hall–Kier alpha value is -2.60. The summed E-state index contributed by atoms with van der Waals surface area (Å²) in [7, 11) is 0. The van der Waals surface area contributed by atoms with Crippen molar-refractivity contribution >= 4 is 35.2 Å². The number of halogens is 1. The van der Waals surface area contributed by atoms with E-state index in [1.807, 2.05) is 0 Å². The van der Waals surface area contributed by atoms with Gasteiger partial charge in [0.25, 0.3) is 0 Å². The van der Waals surface area contributed by atoms with Gasteiger partial charge in [-0.25, -0.2) is 0 Å². The molecule has 0 aromatic heterocycles. The van der Waals surface area contributed by atoms with Crippen molar-refractivity contribution in [1.29, 1.82) is 0 Å². The highest BCUT2D eigenvalue weighted by Gasteiger charge is 2.36. The number of fused-ring (bicyclic) bond motifs is 1. The molecule has 0 bridgehead atoms. The number of rotatable bonds is 3. The van der Waals surface area contributed by atoms with E-state index in [1.165, 1.54) is 13.0 Å². The average molecular weight is 349 g/mol. The van der Waals surface area contributed by atoms with E-state index in [4.69, 9.17) is 25.8 Å². The van der Waals surface area contributed by atoms with Crippen molar-refractivity contribution in [1.82, 2.24) is 0 Å². The van der Waals surface area contributed by atoms with Gasteiger partial charge in [0.05, 0.1) is 5.02 Å². The van der Waals surface area contributed by atoms with E-state index < -0.39 is 23.5 Å². The number of benzene rings is 1. The van der Waals surface area contributed by atoms with Gasteiger partial charge in [0.15, 0.2) is 29.0 Å². The summed E-state index contributed by atoms with van der Waals surface area (Å²) in [6, 6.07) is 3.26. The second-order valence-corrected chi connectivity index (χ2v) is 5.68. The van der Waals surface area contributed by atoms with Crippen LogP contribution in [0.15, 0.2) is 30.0 Å². The lowest BCUT2D eigenvalue weighted by molar-refractivity contribution is -0.151. The molecule has 0 aliphatic carbocycles. The number of carbonyl (C=O) groups excluding carboxylic acids is 3. The Balaban J connectivity index is 1.81. The van der Waals surface area contributed by atoms with Gasteiger partial charge in [-0.2, -0.15) is 0 Å². The van der Waals surface area contributed by atoms with Crippen LogP contribution in [-0.4, -0.2) is 30.7 Å². The summed E-state index contributed by atoms with van der Waals surface area (Å²) in [4.78, 5) is 35.7. The molecule has 6 nitrogen and oxygen atoms in total. The van der Waals surface area contributed by atoms with Crippen LogP contribution in [-0.2, 0) is 19.1 Å². The fraction of sp³-hybridized carbons (Fsp3) is 0.235. The lowest BCUT2D eigenvalue weighted by Crippen LogP contribution is -2.34. The van der Waals surface area contributed by atoms with E-state index in [9.17, 15) is 14.4 Å². The summed E-state index contributed by atoms with van der Waals surface area (Å²) >= 11 is 6.11. The van der Waals surface area contributed by atoms with Crippen LogP contribution in [0.5, 0.6) is 11.5 Å². The standard InChI is InChI=1S/C17H13ClO6/c1-9-6-13(20)15(17(21)24-9)12(19)3-2-10-7-11(18)16-14(8-10)22-4-5-23-16/h2-3,6-8,15H,4-5H2,1H3/b3-2+/t15-/m1/s1. The van der Waals surface area contributed by atoms with Crippen molar-refractivity contribution in [3.63, 3.8) is 0 Å². The quantitative estimate of drug-likeness (QED) is 0.474. The van der Waals surface area contributed by atoms with Crippen LogP contribution < -0.4 is 9.47 Å². The monoisotopic (exact) mass is 348 g/mol. The largest absolute Gasteiger partial charge is 0.486 e. The van der Waals surface area contributed by atoms with Gasteiger partial charge < -0.3 is 14.2 Å². The zero-order chi connectivity index (χ0) is 17.3. The Morgan fingerprint density at radius 3 is 2.75 bits per heavy atom. The average Bonchev–Trinajstić information content (AvgIpc) is 2.52. The molecule has 0 radical (unpaired) electrons. The van der Waals surface area contributed by atoms with E-state index in [0.29, 0.717) is 35.3 Å². The van der Waals surface area contributed by atoms with Crippen LogP contribution >= 0.6 is 11.6 Å². The summed E-state index contributed by atoms with van der Waals surface area (Å²) in [5.41, 5.74) is 0.584. The van der Waals surface area contributed by atoms with Gasteiger partial charge in [0.2, 0.25) is 0 Å². The molecule has 0 N–H and O–H groups in total. The summed E-state index contributed by atoms with van der Waals surface area (Å²) in [6.45, 7) is 2.30. The predicted molar refractivity (Wildman–Crippen MR) is 84.8 cm³/mol. The molecule has 7 heteroatoms. The van der Waals surface area contributed by atoms with Crippen LogP contribution in [0.3, 0.4) is 0 Å². The smallest absolute Gasteiger partial charge is 0.329 e. The van der Waals surface area contributed by atoms with Crippen molar-refractivity contribution in [3.8, 4) is 11.5 Å². The Kier molecular flexibility index (Phi) is 4.40. The first kappa shape index (κ1) is 16.3. The molecular formula is C17H13ClO6. The number of carbonyl (C=O) groups is 3. The summed E-state index contributed by atoms with van der Waals surface area (Å²) in [5, 5.41) is 0.353. The molecule has 0 fully saturated rings. The first-order valence-electron chi connectivity index (χ1n) is 7.20. The highest BCUT2D eigenvalue weighted by molar-refractivity contribution is 6.32. The molecule has 124 valence electrons. The number of hydrogen-bond acceptors (Lipinski definition) is 6. The molecule has 2 aliphatic heterocycles. The van der Waals surface area contributed by atoms with Gasteiger partial charge in [-0.1, -0.05) is 17.7 Å². The molecule has 0 amide bonds. The Morgan fingerprint density at radius 1 is 1.25 bits per heavy atom. The van der Waals surface area contributed by atoms with E-state index in [2.05, 4.69) is 0 Å². The number of cyclic esters (lactones) is 1. The lowest BCUT2D eigenvalue weighted by atomic mass is 9.96. The van der Waals surface area contributed by atoms with Gasteiger partial charge in [-0.3, -0.25) is 14.4 Å². The molecule has 1 atom stereocenters. The van der Waals surface area contributed by atoms with E-state index in [1.54, 1.807) is 12.1 Å². The van der Waals surface area contributed by atoms with E-state index >= 15 is 0 Å². The van der Waals surface area contributed by atoms with Crippen LogP contribution in [0.25, 0.3) is 6.08 Å². The van der Waals surface area contributed by atoms with Crippen molar-refractivity contribution < 1.29 is 28.6 Å². The number of hydrogen-bond donors (Lipinski definition) is 0. The minimum absolute atomic E-state index is 0.177. The summed E-state index contributed by atoms with van der Waals surface area (Å²) < 4.78 is 15.7. The number of ketones is 2.